The molecule has 2 fully saturated rings. The fourth-order valence-corrected chi connectivity index (χ4v) is 2.72. The molecule has 17 heavy (non-hydrogen) atoms. The van der Waals surface area contributed by atoms with E-state index in [1.54, 1.807) is 0 Å². The van der Waals surface area contributed by atoms with E-state index >= 15 is 0 Å². The second-order valence-corrected chi connectivity index (χ2v) is 4.93. The molecule has 0 amide bonds. The van der Waals surface area contributed by atoms with Gasteiger partial charge in [0.1, 0.15) is 0 Å². The zero-order valence-electron chi connectivity index (χ0n) is 10.3. The molecule has 2 aliphatic rings. The number of aliphatic carboxylic acids is 1. The highest BCUT2D eigenvalue weighted by atomic mass is 16.5. The van der Waals surface area contributed by atoms with Crippen LogP contribution in [-0.4, -0.2) is 72.9 Å². The fraction of sp³-hybridized carbons (Fsp3) is 0.917. The minimum Gasteiger partial charge on any atom is -0.480 e. The highest BCUT2D eigenvalue weighted by molar-refractivity contribution is 5.69. The maximum absolute atomic E-state index is 10.7. The van der Waals surface area contributed by atoms with Crippen LogP contribution in [0, 0.1) is 0 Å². The van der Waals surface area contributed by atoms with Crippen molar-refractivity contribution in [1.82, 2.24) is 9.80 Å². The number of carboxylic acid groups (broad SMARTS) is 1. The van der Waals surface area contributed by atoms with Crippen molar-refractivity contribution in [2.24, 2.45) is 0 Å². The lowest BCUT2D eigenvalue weighted by atomic mass is 10.1. The van der Waals surface area contributed by atoms with E-state index in [-0.39, 0.29) is 6.54 Å². The summed E-state index contributed by atoms with van der Waals surface area (Å²) in [7, 11) is 0. The van der Waals surface area contributed by atoms with E-state index in [0.717, 1.165) is 52.2 Å². The van der Waals surface area contributed by atoms with Crippen molar-refractivity contribution in [3.05, 3.63) is 0 Å². The number of ether oxygens (including phenoxy) is 1. The third kappa shape index (κ3) is 3.94. The maximum atomic E-state index is 10.7. The van der Waals surface area contributed by atoms with E-state index in [2.05, 4.69) is 4.90 Å². The van der Waals surface area contributed by atoms with Gasteiger partial charge in [-0.05, 0) is 25.8 Å². The van der Waals surface area contributed by atoms with Crippen LogP contribution in [0.25, 0.3) is 0 Å². The highest BCUT2D eigenvalue weighted by Crippen LogP contribution is 2.15. The quantitative estimate of drug-likeness (QED) is 0.769. The average Bonchev–Trinajstić information content (AvgIpc) is 2.55. The summed E-state index contributed by atoms with van der Waals surface area (Å²) in [6.45, 7) is 5.73. The molecule has 2 heterocycles. The Kier molecular flexibility index (Phi) is 4.76. The zero-order chi connectivity index (χ0) is 12.1. The molecule has 2 saturated heterocycles. The van der Waals surface area contributed by atoms with Crippen LogP contribution in [0.2, 0.25) is 0 Å². The van der Waals surface area contributed by atoms with E-state index in [0.29, 0.717) is 6.04 Å². The molecule has 0 aromatic carbocycles. The summed E-state index contributed by atoms with van der Waals surface area (Å²) < 4.78 is 5.52. The topological polar surface area (TPSA) is 53.0 Å². The lowest BCUT2D eigenvalue weighted by molar-refractivity contribution is -0.138. The van der Waals surface area contributed by atoms with Crippen molar-refractivity contribution >= 4 is 5.97 Å². The summed E-state index contributed by atoms with van der Waals surface area (Å²) in [5.74, 6) is -0.723. The molecule has 0 saturated carbocycles. The normalized spacial score (nSPS) is 28.8. The van der Waals surface area contributed by atoms with Crippen LogP contribution in [0.15, 0.2) is 0 Å². The summed E-state index contributed by atoms with van der Waals surface area (Å²) in [6, 6.07) is 0.550. The van der Waals surface area contributed by atoms with Crippen LogP contribution >= 0.6 is 0 Å². The molecule has 0 radical (unpaired) electrons. The molecule has 0 bridgehead atoms. The van der Waals surface area contributed by atoms with Gasteiger partial charge >= 0.3 is 5.97 Å². The first-order valence-corrected chi connectivity index (χ1v) is 6.51. The molecule has 0 aromatic heterocycles. The van der Waals surface area contributed by atoms with Gasteiger partial charge in [0.25, 0.3) is 0 Å². The van der Waals surface area contributed by atoms with Crippen molar-refractivity contribution in [3.8, 4) is 0 Å². The Morgan fingerprint density at radius 1 is 1.24 bits per heavy atom. The summed E-state index contributed by atoms with van der Waals surface area (Å²) >= 11 is 0. The molecule has 1 N–H and O–H groups in total. The third-order valence-electron chi connectivity index (χ3n) is 3.63. The standard InChI is InChI=1S/C12H22N2O3/c15-12(16)9-13-4-2-5-14(7-6-13)11-3-1-8-17-10-11/h11H,1-10H2,(H,15,16). The van der Waals surface area contributed by atoms with Crippen molar-refractivity contribution in [3.63, 3.8) is 0 Å². The molecule has 1 atom stereocenters. The second kappa shape index (κ2) is 6.33. The van der Waals surface area contributed by atoms with E-state index in [9.17, 15) is 4.79 Å². The van der Waals surface area contributed by atoms with Crippen molar-refractivity contribution in [2.75, 3.05) is 45.9 Å². The molecule has 2 rings (SSSR count). The maximum Gasteiger partial charge on any atom is 0.317 e. The van der Waals surface area contributed by atoms with E-state index in [1.165, 1.54) is 6.42 Å². The third-order valence-corrected chi connectivity index (χ3v) is 3.63. The first-order chi connectivity index (χ1) is 8.25. The first-order valence-electron chi connectivity index (χ1n) is 6.51. The molecule has 5 nitrogen and oxygen atoms in total. The lowest BCUT2D eigenvalue weighted by Gasteiger charge is -2.33. The Bertz CT molecular complexity index is 254. The Labute approximate surface area is 102 Å². The van der Waals surface area contributed by atoms with Gasteiger partial charge in [-0.25, -0.2) is 0 Å². The number of hydrogen-bond acceptors (Lipinski definition) is 4. The largest absolute Gasteiger partial charge is 0.480 e. The molecule has 0 aliphatic carbocycles. The number of carboxylic acids is 1. The average molecular weight is 242 g/mol. The molecule has 5 heteroatoms. The molecule has 0 aromatic rings. The second-order valence-electron chi connectivity index (χ2n) is 4.93. The molecular formula is C12H22N2O3. The van der Waals surface area contributed by atoms with Crippen LogP contribution < -0.4 is 0 Å². The summed E-state index contributed by atoms with van der Waals surface area (Å²) in [5.41, 5.74) is 0. The van der Waals surface area contributed by atoms with Gasteiger partial charge in [0.05, 0.1) is 13.2 Å². The highest BCUT2D eigenvalue weighted by Gasteiger charge is 2.24. The van der Waals surface area contributed by atoms with Gasteiger partial charge in [-0.2, -0.15) is 0 Å². The summed E-state index contributed by atoms with van der Waals surface area (Å²) in [4.78, 5) is 15.2. The minimum absolute atomic E-state index is 0.176. The Balaban J connectivity index is 1.80. The van der Waals surface area contributed by atoms with Gasteiger partial charge < -0.3 is 9.84 Å². The van der Waals surface area contributed by atoms with Crippen LogP contribution in [0.5, 0.6) is 0 Å². The predicted octanol–water partition coefficient (Wildman–Crippen LogP) is 0.258. The van der Waals surface area contributed by atoms with Crippen LogP contribution in [0.3, 0.4) is 0 Å². The summed E-state index contributed by atoms with van der Waals surface area (Å²) in [5, 5.41) is 8.80. The van der Waals surface area contributed by atoms with Gasteiger partial charge in [0.2, 0.25) is 0 Å². The molecule has 98 valence electrons. The first kappa shape index (κ1) is 12.8. The molecule has 0 spiro atoms. The number of carbonyl (C=O) groups is 1. The van der Waals surface area contributed by atoms with E-state index in [1.807, 2.05) is 4.90 Å². The Morgan fingerprint density at radius 3 is 2.82 bits per heavy atom. The van der Waals surface area contributed by atoms with Crippen LogP contribution in [0.4, 0.5) is 0 Å². The van der Waals surface area contributed by atoms with Crippen molar-refractivity contribution in [1.29, 1.82) is 0 Å². The van der Waals surface area contributed by atoms with E-state index < -0.39 is 5.97 Å². The van der Waals surface area contributed by atoms with Crippen molar-refractivity contribution < 1.29 is 14.6 Å². The SMILES string of the molecule is O=C(O)CN1CCCN(C2CCCOC2)CC1. The molecule has 2 aliphatic heterocycles. The van der Waals surface area contributed by atoms with E-state index in [4.69, 9.17) is 9.84 Å². The monoisotopic (exact) mass is 242 g/mol. The van der Waals surface area contributed by atoms with Gasteiger partial charge in [-0.1, -0.05) is 0 Å². The van der Waals surface area contributed by atoms with Crippen LogP contribution in [-0.2, 0) is 9.53 Å². The minimum atomic E-state index is -0.723. The molecular weight excluding hydrogens is 220 g/mol. The van der Waals surface area contributed by atoms with Gasteiger partial charge in [-0.15, -0.1) is 0 Å². The van der Waals surface area contributed by atoms with Gasteiger partial charge in [0.15, 0.2) is 0 Å². The molecule has 1 unspecified atom stereocenters. The van der Waals surface area contributed by atoms with Crippen molar-refractivity contribution in [2.45, 2.75) is 25.3 Å². The lowest BCUT2D eigenvalue weighted by Crippen LogP contribution is -2.43. The smallest absolute Gasteiger partial charge is 0.317 e. The van der Waals surface area contributed by atoms with Crippen LogP contribution in [0.1, 0.15) is 19.3 Å². The zero-order valence-corrected chi connectivity index (χ0v) is 10.3. The number of nitrogens with zero attached hydrogens (tertiary/aromatic N) is 2. The Morgan fingerprint density at radius 2 is 2.12 bits per heavy atom. The fourth-order valence-electron chi connectivity index (χ4n) is 2.72. The summed E-state index contributed by atoms with van der Waals surface area (Å²) in [6.07, 6.45) is 3.43. The predicted molar refractivity (Wildman–Crippen MR) is 64.1 cm³/mol. The number of rotatable bonds is 3. The Hall–Kier alpha value is -0.650. The van der Waals surface area contributed by atoms with Gasteiger partial charge in [-0.3, -0.25) is 14.6 Å². The van der Waals surface area contributed by atoms with Gasteiger partial charge in [0, 0.05) is 32.3 Å². The number of hydrogen-bond donors (Lipinski definition) is 1.